The second kappa shape index (κ2) is 6.58. The quantitative estimate of drug-likeness (QED) is 0.644. The molecule has 0 saturated carbocycles. The van der Waals surface area contributed by atoms with Gasteiger partial charge in [0.25, 0.3) is 0 Å². The zero-order chi connectivity index (χ0) is 15.4. The average molecular weight is 305 g/mol. The van der Waals surface area contributed by atoms with E-state index in [2.05, 4.69) is 10.2 Å². The molecule has 0 spiro atoms. The maximum absolute atomic E-state index is 11.5. The lowest BCUT2D eigenvalue weighted by Gasteiger charge is -2.28. The van der Waals surface area contributed by atoms with Crippen molar-refractivity contribution in [3.05, 3.63) is 50.7 Å². The van der Waals surface area contributed by atoms with Crippen LogP contribution in [0.5, 0.6) is 0 Å². The van der Waals surface area contributed by atoms with E-state index in [1.807, 2.05) is 43.5 Å². The van der Waals surface area contributed by atoms with E-state index in [1.165, 1.54) is 4.88 Å². The van der Waals surface area contributed by atoms with Gasteiger partial charge in [-0.2, -0.15) is 0 Å². The molecule has 0 aliphatic heterocycles. The molecule has 0 fully saturated rings. The van der Waals surface area contributed by atoms with E-state index in [9.17, 15) is 10.1 Å². The third kappa shape index (κ3) is 3.33. The summed E-state index contributed by atoms with van der Waals surface area (Å²) >= 11 is 1.66. The Morgan fingerprint density at radius 1 is 1.33 bits per heavy atom. The molecule has 0 unspecified atom stereocenters. The minimum Gasteiger partial charge on any atom is -0.382 e. The standard InChI is InChI=1S/C15H19N3O2S/c1-11(2)17(10-12-6-5-9-21-12)14-8-4-7-13(16-3)15(14)18(19)20/h4-9,11,16H,10H2,1-3H3. The molecule has 0 radical (unpaired) electrons. The third-order valence-corrected chi connectivity index (χ3v) is 4.17. The van der Waals surface area contributed by atoms with E-state index in [-0.39, 0.29) is 16.7 Å². The maximum Gasteiger partial charge on any atom is 0.315 e. The summed E-state index contributed by atoms with van der Waals surface area (Å²) in [5, 5.41) is 16.4. The van der Waals surface area contributed by atoms with Crippen molar-refractivity contribution in [1.29, 1.82) is 0 Å². The number of hydrogen-bond acceptors (Lipinski definition) is 5. The number of nitro groups is 1. The van der Waals surface area contributed by atoms with Crippen LogP contribution in [-0.2, 0) is 6.54 Å². The lowest BCUT2D eigenvalue weighted by atomic mass is 10.1. The van der Waals surface area contributed by atoms with Crippen LogP contribution in [0.25, 0.3) is 0 Å². The highest BCUT2D eigenvalue weighted by atomic mass is 32.1. The van der Waals surface area contributed by atoms with Crippen LogP contribution in [0.2, 0.25) is 0 Å². The van der Waals surface area contributed by atoms with Crippen molar-refractivity contribution < 1.29 is 4.92 Å². The van der Waals surface area contributed by atoms with Crippen molar-refractivity contribution in [3.63, 3.8) is 0 Å². The number of para-hydroxylation sites is 1. The molecule has 0 amide bonds. The third-order valence-electron chi connectivity index (χ3n) is 3.31. The predicted molar refractivity (Wildman–Crippen MR) is 88.3 cm³/mol. The van der Waals surface area contributed by atoms with Gasteiger partial charge < -0.3 is 10.2 Å². The number of anilines is 2. The molecule has 6 heteroatoms. The molecule has 0 aliphatic rings. The topological polar surface area (TPSA) is 58.4 Å². The largest absolute Gasteiger partial charge is 0.382 e. The summed E-state index contributed by atoms with van der Waals surface area (Å²) < 4.78 is 0. The van der Waals surface area contributed by atoms with Crippen LogP contribution in [0.3, 0.4) is 0 Å². The van der Waals surface area contributed by atoms with Gasteiger partial charge in [-0.05, 0) is 37.4 Å². The second-order valence-corrected chi connectivity index (χ2v) is 6.01. The molecule has 112 valence electrons. The number of nitrogens with one attached hydrogen (secondary N) is 1. The van der Waals surface area contributed by atoms with Crippen molar-refractivity contribution in [3.8, 4) is 0 Å². The van der Waals surface area contributed by atoms with Gasteiger partial charge >= 0.3 is 5.69 Å². The van der Waals surface area contributed by atoms with E-state index in [0.717, 1.165) is 0 Å². The highest BCUT2D eigenvalue weighted by Gasteiger charge is 2.25. The number of thiophene rings is 1. The maximum atomic E-state index is 11.5. The number of nitro benzene ring substituents is 1. The van der Waals surface area contributed by atoms with Crippen LogP contribution in [0.1, 0.15) is 18.7 Å². The van der Waals surface area contributed by atoms with Crippen molar-refractivity contribution in [2.45, 2.75) is 26.4 Å². The van der Waals surface area contributed by atoms with E-state index < -0.39 is 0 Å². The van der Waals surface area contributed by atoms with Crippen molar-refractivity contribution in [1.82, 2.24) is 0 Å². The molecule has 0 atom stereocenters. The SMILES string of the molecule is CNc1cccc(N(Cc2cccs2)C(C)C)c1[N+](=O)[O-]. The molecule has 1 N–H and O–H groups in total. The predicted octanol–water partition coefficient (Wildman–Crippen LogP) is 4.11. The summed E-state index contributed by atoms with van der Waals surface area (Å²) in [5.74, 6) is 0. The van der Waals surface area contributed by atoms with Crippen LogP contribution in [0.15, 0.2) is 35.7 Å². The van der Waals surface area contributed by atoms with E-state index in [0.29, 0.717) is 17.9 Å². The molecule has 1 heterocycles. The van der Waals surface area contributed by atoms with Gasteiger partial charge in [0.15, 0.2) is 0 Å². The molecule has 5 nitrogen and oxygen atoms in total. The first-order valence-corrected chi connectivity index (χ1v) is 7.66. The highest BCUT2D eigenvalue weighted by Crippen LogP contribution is 2.37. The van der Waals surface area contributed by atoms with Crippen molar-refractivity contribution in [2.75, 3.05) is 17.3 Å². The summed E-state index contributed by atoms with van der Waals surface area (Å²) in [6.07, 6.45) is 0. The molecular formula is C15H19N3O2S. The monoisotopic (exact) mass is 305 g/mol. The normalized spacial score (nSPS) is 10.7. The number of benzene rings is 1. The number of hydrogen-bond donors (Lipinski definition) is 1. The van der Waals surface area contributed by atoms with Gasteiger partial charge in [0.05, 0.1) is 11.5 Å². The molecule has 2 rings (SSSR count). The Kier molecular flexibility index (Phi) is 4.80. The summed E-state index contributed by atoms with van der Waals surface area (Å²) in [6.45, 7) is 4.76. The molecule has 0 saturated heterocycles. The van der Waals surface area contributed by atoms with Gasteiger partial charge in [0, 0.05) is 18.0 Å². The van der Waals surface area contributed by atoms with Crippen LogP contribution in [0, 0.1) is 10.1 Å². The van der Waals surface area contributed by atoms with Crippen molar-refractivity contribution in [2.24, 2.45) is 0 Å². The average Bonchev–Trinajstić information content (AvgIpc) is 2.96. The number of nitrogens with zero attached hydrogens (tertiary/aromatic N) is 2. The van der Waals surface area contributed by atoms with Gasteiger partial charge in [-0.1, -0.05) is 12.1 Å². The minimum atomic E-state index is -0.315. The first-order valence-electron chi connectivity index (χ1n) is 6.78. The highest BCUT2D eigenvalue weighted by molar-refractivity contribution is 7.09. The second-order valence-electron chi connectivity index (χ2n) is 4.98. The summed E-state index contributed by atoms with van der Waals surface area (Å²) in [7, 11) is 1.70. The van der Waals surface area contributed by atoms with Gasteiger partial charge in [0.2, 0.25) is 0 Å². The fourth-order valence-electron chi connectivity index (χ4n) is 2.27. The molecule has 0 bridgehead atoms. The Balaban J connectivity index is 2.47. The van der Waals surface area contributed by atoms with Gasteiger partial charge in [0.1, 0.15) is 11.4 Å². The summed E-state index contributed by atoms with van der Waals surface area (Å²) in [4.78, 5) is 14.4. The Hall–Kier alpha value is -2.08. The lowest BCUT2D eigenvalue weighted by molar-refractivity contribution is -0.383. The van der Waals surface area contributed by atoms with E-state index >= 15 is 0 Å². The zero-order valence-corrected chi connectivity index (χ0v) is 13.2. The first kappa shape index (κ1) is 15.3. The van der Waals surface area contributed by atoms with E-state index in [4.69, 9.17) is 0 Å². The number of rotatable bonds is 6. The zero-order valence-electron chi connectivity index (χ0n) is 12.4. The smallest absolute Gasteiger partial charge is 0.315 e. The Morgan fingerprint density at radius 3 is 2.62 bits per heavy atom. The Morgan fingerprint density at radius 2 is 2.10 bits per heavy atom. The molecule has 1 aromatic carbocycles. The molecule has 21 heavy (non-hydrogen) atoms. The molecule has 2 aromatic rings. The first-order chi connectivity index (χ1) is 10.0. The van der Waals surface area contributed by atoms with Crippen LogP contribution in [-0.4, -0.2) is 18.0 Å². The van der Waals surface area contributed by atoms with Gasteiger partial charge in [-0.15, -0.1) is 11.3 Å². The molecule has 1 aromatic heterocycles. The fraction of sp³-hybridized carbons (Fsp3) is 0.333. The Bertz CT molecular complexity index is 611. The molecular weight excluding hydrogens is 286 g/mol. The van der Waals surface area contributed by atoms with Gasteiger partial charge in [-0.25, -0.2) is 0 Å². The minimum absolute atomic E-state index is 0.130. The van der Waals surface area contributed by atoms with Gasteiger partial charge in [-0.3, -0.25) is 10.1 Å². The van der Waals surface area contributed by atoms with Crippen LogP contribution in [0.4, 0.5) is 17.1 Å². The Labute approximate surface area is 128 Å². The van der Waals surface area contributed by atoms with Crippen molar-refractivity contribution >= 4 is 28.4 Å². The fourth-order valence-corrected chi connectivity index (χ4v) is 2.98. The summed E-state index contributed by atoms with van der Waals surface area (Å²) in [5.41, 5.74) is 1.31. The summed E-state index contributed by atoms with van der Waals surface area (Å²) in [6, 6.07) is 9.60. The van der Waals surface area contributed by atoms with E-state index in [1.54, 1.807) is 24.5 Å². The lowest BCUT2D eigenvalue weighted by Crippen LogP contribution is -2.30. The molecule has 0 aliphatic carbocycles. The van der Waals surface area contributed by atoms with Crippen LogP contribution >= 0.6 is 11.3 Å². The van der Waals surface area contributed by atoms with Crippen LogP contribution < -0.4 is 10.2 Å².